The molecule has 0 aliphatic heterocycles. The topological polar surface area (TPSA) is 43.4 Å². The minimum Gasteiger partial charge on any atom is -0.380 e. The summed E-state index contributed by atoms with van der Waals surface area (Å²) in [5, 5.41) is 0. The van der Waals surface area contributed by atoms with Crippen molar-refractivity contribution in [2.75, 3.05) is 0 Å². The molecule has 0 N–H and O–H groups in total. The summed E-state index contributed by atoms with van der Waals surface area (Å²) in [7, 11) is -5.52. The number of rotatable bonds is 2. The monoisotopic (exact) mass is 244 g/mol. The molecule has 0 amide bonds. The number of hydrogen-bond donors (Lipinski definition) is 0. The highest BCUT2D eigenvalue weighted by atomic mass is 32.2. The highest BCUT2D eigenvalue weighted by molar-refractivity contribution is 7.87. The predicted octanol–water partition coefficient (Wildman–Crippen LogP) is 2.56. The van der Waals surface area contributed by atoms with E-state index >= 15 is 0 Å². The van der Waals surface area contributed by atoms with Gasteiger partial charge >= 0.3 is 15.6 Å². The average Bonchev–Trinajstić information content (AvgIpc) is 2.27. The van der Waals surface area contributed by atoms with Crippen LogP contribution in [0.5, 0.6) is 0 Å². The highest BCUT2D eigenvalue weighted by Gasteiger charge is 2.50. The summed E-state index contributed by atoms with van der Waals surface area (Å²) in [6.45, 7) is 3.27. The summed E-state index contributed by atoms with van der Waals surface area (Å²) in [6.07, 6.45) is 2.48. The van der Waals surface area contributed by atoms with Gasteiger partial charge in [-0.3, -0.25) is 0 Å². The van der Waals surface area contributed by atoms with Gasteiger partial charge in [0.2, 0.25) is 0 Å². The molecule has 0 aromatic heterocycles. The van der Waals surface area contributed by atoms with E-state index in [0.717, 1.165) is 0 Å². The van der Waals surface area contributed by atoms with Crippen LogP contribution in [0.2, 0.25) is 0 Å². The molecule has 0 aromatic carbocycles. The van der Waals surface area contributed by atoms with Crippen LogP contribution in [-0.2, 0) is 14.3 Å². The van der Waals surface area contributed by atoms with Crippen molar-refractivity contribution in [3.63, 3.8) is 0 Å². The van der Waals surface area contributed by atoms with Crippen LogP contribution < -0.4 is 0 Å². The number of alkyl halides is 3. The summed E-state index contributed by atoms with van der Waals surface area (Å²) in [5.74, 6) is -0.125. The van der Waals surface area contributed by atoms with Crippen molar-refractivity contribution in [3.05, 3.63) is 11.8 Å². The Balaban J connectivity index is 2.89. The molecular formula is C8H11F3O3S. The fourth-order valence-corrected chi connectivity index (χ4v) is 1.90. The molecule has 0 bridgehead atoms. The number of halogens is 3. The van der Waals surface area contributed by atoms with E-state index < -0.39 is 21.0 Å². The lowest BCUT2D eigenvalue weighted by Crippen LogP contribution is -2.27. The third-order valence-electron chi connectivity index (χ3n) is 2.25. The summed E-state index contributed by atoms with van der Waals surface area (Å²) < 4.78 is 61.5. The van der Waals surface area contributed by atoms with Crippen molar-refractivity contribution in [2.45, 2.75) is 32.2 Å². The lowest BCUT2D eigenvalue weighted by atomic mass is 9.92. The SMILES string of the molecule is CC1(C)CCC=C1OS(=O)(=O)C(F)(F)F. The maximum Gasteiger partial charge on any atom is 0.534 e. The first kappa shape index (κ1) is 12.4. The Morgan fingerprint density at radius 3 is 2.27 bits per heavy atom. The maximum atomic E-state index is 12.0. The molecule has 0 spiro atoms. The normalized spacial score (nSPS) is 21.3. The zero-order valence-electron chi connectivity index (χ0n) is 8.26. The van der Waals surface area contributed by atoms with Crippen molar-refractivity contribution in [2.24, 2.45) is 5.41 Å². The van der Waals surface area contributed by atoms with Crippen molar-refractivity contribution >= 4 is 10.1 Å². The van der Waals surface area contributed by atoms with Crippen LogP contribution in [0.3, 0.4) is 0 Å². The molecule has 1 aliphatic rings. The molecule has 0 fully saturated rings. The molecule has 0 radical (unpaired) electrons. The predicted molar refractivity (Wildman–Crippen MR) is 47.2 cm³/mol. The fourth-order valence-electron chi connectivity index (χ4n) is 1.28. The molecule has 15 heavy (non-hydrogen) atoms. The second-order valence-electron chi connectivity index (χ2n) is 3.97. The van der Waals surface area contributed by atoms with Crippen LogP contribution in [0.1, 0.15) is 26.7 Å². The molecule has 0 aromatic rings. The van der Waals surface area contributed by atoms with Crippen LogP contribution in [-0.4, -0.2) is 13.9 Å². The van der Waals surface area contributed by atoms with Gasteiger partial charge in [-0.25, -0.2) is 0 Å². The van der Waals surface area contributed by atoms with Crippen molar-refractivity contribution in [1.82, 2.24) is 0 Å². The Morgan fingerprint density at radius 2 is 1.93 bits per heavy atom. The smallest absolute Gasteiger partial charge is 0.380 e. The number of hydrogen-bond acceptors (Lipinski definition) is 3. The van der Waals surface area contributed by atoms with Crippen LogP contribution in [0.15, 0.2) is 11.8 Å². The zero-order chi connectivity index (χ0) is 11.9. The Bertz CT molecular complexity index is 378. The summed E-state index contributed by atoms with van der Waals surface area (Å²) >= 11 is 0. The van der Waals surface area contributed by atoms with Gasteiger partial charge in [-0.05, 0) is 18.9 Å². The second kappa shape index (κ2) is 3.40. The van der Waals surface area contributed by atoms with E-state index in [1.54, 1.807) is 13.8 Å². The third kappa shape index (κ3) is 2.45. The van der Waals surface area contributed by atoms with Gasteiger partial charge in [0.1, 0.15) is 5.76 Å². The minimum atomic E-state index is -5.52. The largest absolute Gasteiger partial charge is 0.534 e. The molecule has 0 saturated heterocycles. The molecule has 1 aliphatic carbocycles. The lowest BCUT2D eigenvalue weighted by molar-refractivity contribution is -0.0530. The zero-order valence-corrected chi connectivity index (χ0v) is 9.07. The molecule has 0 unspecified atom stereocenters. The molecule has 7 heteroatoms. The Morgan fingerprint density at radius 1 is 1.40 bits per heavy atom. The van der Waals surface area contributed by atoms with Gasteiger partial charge in [0.25, 0.3) is 0 Å². The van der Waals surface area contributed by atoms with E-state index in [1.807, 2.05) is 0 Å². The first-order chi connectivity index (χ1) is 6.56. The highest BCUT2D eigenvalue weighted by Crippen LogP contribution is 2.41. The number of allylic oxidation sites excluding steroid dienone is 2. The van der Waals surface area contributed by atoms with Crippen LogP contribution >= 0.6 is 0 Å². The van der Waals surface area contributed by atoms with Gasteiger partial charge < -0.3 is 4.18 Å². The molecule has 88 valence electrons. The van der Waals surface area contributed by atoms with Gasteiger partial charge in [-0.2, -0.15) is 21.6 Å². The summed E-state index contributed by atoms with van der Waals surface area (Å²) in [4.78, 5) is 0. The first-order valence-corrected chi connectivity index (χ1v) is 5.68. The standard InChI is InChI=1S/C8H11F3O3S/c1-7(2)5-3-4-6(7)14-15(12,13)8(9,10)11/h4H,3,5H2,1-2H3. The van der Waals surface area contributed by atoms with Crippen LogP contribution in [0.4, 0.5) is 13.2 Å². The maximum absolute atomic E-state index is 12.0. The van der Waals surface area contributed by atoms with Crippen molar-refractivity contribution < 1.29 is 25.8 Å². The van der Waals surface area contributed by atoms with Gasteiger partial charge in [-0.1, -0.05) is 13.8 Å². The lowest BCUT2D eigenvalue weighted by Gasteiger charge is -2.22. The fraction of sp³-hybridized carbons (Fsp3) is 0.750. The van der Waals surface area contributed by atoms with Gasteiger partial charge in [0, 0.05) is 5.41 Å². The third-order valence-corrected chi connectivity index (χ3v) is 3.21. The summed E-state index contributed by atoms with van der Waals surface area (Å²) in [6, 6.07) is 0. The summed E-state index contributed by atoms with van der Waals surface area (Å²) in [5.41, 5.74) is -6.02. The Kier molecular flexibility index (Phi) is 2.80. The van der Waals surface area contributed by atoms with E-state index in [0.29, 0.717) is 12.8 Å². The molecular weight excluding hydrogens is 233 g/mol. The van der Waals surface area contributed by atoms with E-state index in [-0.39, 0.29) is 5.76 Å². The molecule has 0 saturated carbocycles. The van der Waals surface area contributed by atoms with Crippen LogP contribution in [0.25, 0.3) is 0 Å². The molecule has 0 atom stereocenters. The van der Waals surface area contributed by atoms with Gasteiger partial charge in [0.15, 0.2) is 0 Å². The average molecular weight is 244 g/mol. The molecule has 0 heterocycles. The van der Waals surface area contributed by atoms with E-state index in [4.69, 9.17) is 0 Å². The minimum absolute atomic E-state index is 0.125. The van der Waals surface area contributed by atoms with E-state index in [9.17, 15) is 21.6 Å². The first-order valence-electron chi connectivity index (χ1n) is 4.28. The Labute approximate surface area is 86.0 Å². The van der Waals surface area contributed by atoms with Crippen molar-refractivity contribution in [3.8, 4) is 0 Å². The van der Waals surface area contributed by atoms with Crippen LogP contribution in [0, 0.1) is 5.41 Å². The van der Waals surface area contributed by atoms with E-state index in [1.165, 1.54) is 6.08 Å². The van der Waals surface area contributed by atoms with Crippen molar-refractivity contribution in [1.29, 1.82) is 0 Å². The molecule has 3 nitrogen and oxygen atoms in total. The van der Waals surface area contributed by atoms with Gasteiger partial charge in [0.05, 0.1) is 0 Å². The van der Waals surface area contributed by atoms with E-state index in [2.05, 4.69) is 4.18 Å². The second-order valence-corrected chi connectivity index (χ2v) is 5.51. The van der Waals surface area contributed by atoms with Gasteiger partial charge in [-0.15, -0.1) is 0 Å². The quantitative estimate of drug-likeness (QED) is 0.554. The molecule has 1 rings (SSSR count). The Hall–Kier alpha value is -0.720.